The van der Waals surface area contributed by atoms with E-state index in [-0.39, 0.29) is 42.4 Å². The zero-order valence-corrected chi connectivity index (χ0v) is 31.7. The number of piperazine rings is 1. The largest absolute Gasteiger partial charge is 0.504 e. The number of aryl methyl sites for hydroxylation is 1. The van der Waals surface area contributed by atoms with Crippen molar-refractivity contribution in [1.82, 2.24) is 15.1 Å². The van der Waals surface area contributed by atoms with Gasteiger partial charge >= 0.3 is 11.9 Å². The topological polar surface area (TPSA) is 169 Å². The summed E-state index contributed by atoms with van der Waals surface area (Å²) in [6.45, 7) is 5.26. The minimum Gasteiger partial charge on any atom is -0.504 e. The van der Waals surface area contributed by atoms with E-state index in [1.165, 1.54) is 32.9 Å². The molecule has 14 nitrogen and oxygen atoms in total. The normalized spacial score (nSPS) is 29.4. The van der Waals surface area contributed by atoms with E-state index in [1.807, 2.05) is 31.9 Å². The highest BCUT2D eigenvalue weighted by atomic mass is 32.2. The number of esters is 2. The predicted molar refractivity (Wildman–Crippen MR) is 195 cm³/mol. The lowest BCUT2D eigenvalue weighted by Gasteiger charge is -2.62. The minimum atomic E-state index is -1.36. The Bertz CT molecular complexity index is 2130. The van der Waals surface area contributed by atoms with Crippen LogP contribution in [0.4, 0.5) is 0 Å². The number of nitrogens with zero attached hydrogens (tertiary/aromatic N) is 2. The number of hydrogen-bond donors (Lipinski definition) is 4. The molecule has 0 saturated carbocycles. The van der Waals surface area contributed by atoms with Crippen LogP contribution in [0.15, 0.2) is 18.2 Å². The second-order valence-electron chi connectivity index (χ2n) is 14.9. The number of carbonyl (C=O) groups is 2. The molecule has 10 rings (SSSR count). The monoisotopic (exact) mass is 761 g/mol. The number of hydrogen-bond acceptors (Lipinski definition) is 15. The van der Waals surface area contributed by atoms with Crippen molar-refractivity contribution in [3.63, 3.8) is 0 Å². The number of aromatic hydroxyl groups is 2. The predicted octanol–water partition coefficient (Wildman–Crippen LogP) is 3.41. The van der Waals surface area contributed by atoms with Gasteiger partial charge in [-0.1, -0.05) is 6.07 Å². The smallest absolute Gasteiger partial charge is 0.331 e. The zero-order valence-electron chi connectivity index (χ0n) is 30.8. The molecule has 15 heteroatoms. The lowest BCUT2D eigenvalue weighted by molar-refractivity contribution is -0.186. The van der Waals surface area contributed by atoms with Crippen molar-refractivity contribution in [2.24, 2.45) is 0 Å². The molecule has 0 amide bonds. The molecular weight excluding hydrogens is 719 g/mol. The minimum absolute atomic E-state index is 0.0226. The van der Waals surface area contributed by atoms with Crippen LogP contribution in [0.5, 0.6) is 40.2 Å². The Morgan fingerprint density at radius 2 is 1.80 bits per heavy atom. The maximum absolute atomic E-state index is 14.7. The molecule has 1 spiro atoms. The Labute approximate surface area is 316 Å². The fraction of sp³-hybridized carbons (Fsp3) is 0.487. The molecule has 7 atom stereocenters. The summed E-state index contributed by atoms with van der Waals surface area (Å²) >= 11 is 1.47. The molecule has 3 aromatic rings. The SMILES string of the molecule is COc1cc2c(cc1O)CCN[C@@]21CSC2c3c(OC(C)=O)c(C)c4c(c3[C@H](COC1=O)N1[C@@H]2C2c3c(cc(C)c(OC)c3O)CC([C@@H]1O)N2C)OCO4. The number of nitrogens with one attached hydrogen (secondary N) is 1. The number of rotatable bonds is 3. The molecule has 3 aromatic carbocycles. The Kier molecular flexibility index (Phi) is 8.21. The van der Waals surface area contributed by atoms with Crippen LogP contribution >= 0.6 is 11.8 Å². The standard InChI is InChI=1S/C39H43N3O11S/c1-16-9-20-10-22-37(46)42-23-13-50-38(47)39(21-12-25(48-5)24(44)11-19(21)7-8-40-39)14-54-36(30(42)29(41(22)4)26(20)31(45)32(16)49-6)28-27(23)35-34(51-15-52-35)17(2)33(28)53-18(3)43/h9,11-12,22-23,29-30,36-37,40,44-46H,7-8,10,13-15H2,1-6H3/t22?,23-,29?,30+,36?,37-,39-/m0/s1. The Balaban J connectivity index is 1.32. The van der Waals surface area contributed by atoms with E-state index < -0.39 is 47.1 Å². The van der Waals surface area contributed by atoms with Gasteiger partial charge in [0.1, 0.15) is 18.6 Å². The van der Waals surface area contributed by atoms with Crippen LogP contribution in [0.1, 0.15) is 68.8 Å². The van der Waals surface area contributed by atoms with Crippen LogP contribution in [0.3, 0.4) is 0 Å². The summed E-state index contributed by atoms with van der Waals surface area (Å²) < 4.78 is 35.9. The summed E-state index contributed by atoms with van der Waals surface area (Å²) in [6, 6.07) is 3.13. The van der Waals surface area contributed by atoms with Gasteiger partial charge < -0.3 is 43.7 Å². The first-order chi connectivity index (χ1) is 25.9. The maximum Gasteiger partial charge on any atom is 0.331 e. The van der Waals surface area contributed by atoms with Crippen molar-refractivity contribution in [3.8, 4) is 40.2 Å². The number of aliphatic hydroxyl groups excluding tert-OH is 1. The molecule has 286 valence electrons. The molecule has 0 radical (unpaired) electrons. The quantitative estimate of drug-likeness (QED) is 0.226. The van der Waals surface area contributed by atoms with E-state index in [4.69, 9.17) is 28.4 Å². The molecule has 7 aliphatic rings. The average molecular weight is 762 g/mol. The number of ether oxygens (including phenoxy) is 6. The van der Waals surface area contributed by atoms with Gasteiger partial charge in [-0.15, -0.1) is 11.8 Å². The van der Waals surface area contributed by atoms with E-state index in [0.29, 0.717) is 70.2 Å². The van der Waals surface area contributed by atoms with Crippen molar-refractivity contribution in [1.29, 1.82) is 0 Å². The van der Waals surface area contributed by atoms with Gasteiger partial charge in [-0.3, -0.25) is 19.9 Å². The third-order valence-electron chi connectivity index (χ3n) is 12.3. The fourth-order valence-electron chi connectivity index (χ4n) is 10.00. The number of likely N-dealkylation sites (N-methyl/N-ethyl adjacent to an activating group) is 1. The van der Waals surface area contributed by atoms with Gasteiger partial charge in [-0.2, -0.15) is 0 Å². The number of phenols is 2. The van der Waals surface area contributed by atoms with Gasteiger partial charge in [-0.05, 0) is 68.1 Å². The van der Waals surface area contributed by atoms with Gasteiger partial charge in [0, 0.05) is 47.5 Å². The molecule has 0 aromatic heterocycles. The first kappa shape index (κ1) is 35.3. The highest BCUT2D eigenvalue weighted by Crippen LogP contribution is 2.64. The van der Waals surface area contributed by atoms with Gasteiger partial charge in [0.05, 0.1) is 37.6 Å². The molecule has 4 N–H and O–H groups in total. The van der Waals surface area contributed by atoms with Crippen molar-refractivity contribution >= 4 is 23.7 Å². The van der Waals surface area contributed by atoms with Crippen LogP contribution in [-0.2, 0) is 32.7 Å². The Morgan fingerprint density at radius 1 is 1.02 bits per heavy atom. The van der Waals surface area contributed by atoms with E-state index in [9.17, 15) is 24.9 Å². The third-order valence-corrected chi connectivity index (χ3v) is 13.7. The first-order valence-corrected chi connectivity index (χ1v) is 19.1. The number of methoxy groups -OCH3 is 2. The van der Waals surface area contributed by atoms with Crippen LogP contribution < -0.4 is 29.0 Å². The number of aliphatic hydroxyl groups is 1. The summed E-state index contributed by atoms with van der Waals surface area (Å²) in [5, 5.41) is 38.2. The number of benzene rings is 3. The molecule has 7 heterocycles. The number of carbonyl (C=O) groups excluding carboxylic acids is 2. The highest BCUT2D eigenvalue weighted by molar-refractivity contribution is 7.99. The summed E-state index contributed by atoms with van der Waals surface area (Å²) in [5.41, 5.74) is 4.36. The van der Waals surface area contributed by atoms with Gasteiger partial charge in [0.2, 0.25) is 6.79 Å². The molecule has 2 fully saturated rings. The molecule has 54 heavy (non-hydrogen) atoms. The van der Waals surface area contributed by atoms with Gasteiger partial charge in [-0.25, -0.2) is 4.79 Å². The molecule has 4 bridgehead atoms. The summed E-state index contributed by atoms with van der Waals surface area (Å²) in [4.78, 5) is 31.7. The number of thioether (sulfide) groups is 1. The summed E-state index contributed by atoms with van der Waals surface area (Å²) in [7, 11) is 4.96. The lowest BCUT2D eigenvalue weighted by atomic mass is 9.73. The summed E-state index contributed by atoms with van der Waals surface area (Å²) in [6.07, 6.45) is -0.0282. The lowest BCUT2D eigenvalue weighted by Crippen LogP contribution is -2.70. The second-order valence-corrected chi connectivity index (χ2v) is 16.1. The van der Waals surface area contributed by atoms with E-state index >= 15 is 0 Å². The molecule has 2 saturated heterocycles. The Hall–Kier alpha value is -4.41. The van der Waals surface area contributed by atoms with E-state index in [0.717, 1.165) is 16.7 Å². The van der Waals surface area contributed by atoms with E-state index in [2.05, 4.69) is 10.2 Å². The van der Waals surface area contributed by atoms with Crippen LogP contribution in [0, 0.1) is 13.8 Å². The van der Waals surface area contributed by atoms with Gasteiger partial charge in [0.25, 0.3) is 0 Å². The maximum atomic E-state index is 14.7. The highest BCUT2D eigenvalue weighted by Gasteiger charge is 2.61. The second kappa shape index (κ2) is 12.6. The molecule has 0 aliphatic carbocycles. The molecule has 3 unspecified atom stereocenters. The van der Waals surface area contributed by atoms with Crippen molar-refractivity contribution in [3.05, 3.63) is 62.7 Å². The average Bonchev–Trinajstić information content (AvgIpc) is 3.63. The van der Waals surface area contributed by atoms with E-state index in [1.54, 1.807) is 12.1 Å². The van der Waals surface area contributed by atoms with Crippen LogP contribution in [-0.4, -0.2) is 102 Å². The van der Waals surface area contributed by atoms with Crippen molar-refractivity contribution in [2.75, 3.05) is 47.0 Å². The van der Waals surface area contributed by atoms with Crippen molar-refractivity contribution in [2.45, 2.75) is 74.8 Å². The van der Waals surface area contributed by atoms with Gasteiger partial charge in [0.15, 0.2) is 40.0 Å². The molecule has 7 aliphatic heterocycles. The summed E-state index contributed by atoms with van der Waals surface area (Å²) in [5.74, 6) is 0.949. The number of fused-ring (bicyclic) bond motifs is 9. The van der Waals surface area contributed by atoms with Crippen molar-refractivity contribution < 1.29 is 53.3 Å². The Morgan fingerprint density at radius 3 is 2.54 bits per heavy atom. The third kappa shape index (κ3) is 4.74. The zero-order chi connectivity index (χ0) is 38.0. The first-order valence-electron chi connectivity index (χ1n) is 18.1. The number of phenolic OH excluding ortho intramolecular Hbond substituents is 2. The fourth-order valence-corrected chi connectivity index (χ4v) is 11.7. The molecular formula is C39H43N3O11S. The van der Waals surface area contributed by atoms with Crippen LogP contribution in [0.25, 0.3) is 0 Å². The van der Waals surface area contributed by atoms with Crippen LogP contribution in [0.2, 0.25) is 0 Å².